The van der Waals surface area contributed by atoms with Crippen LogP contribution in [0, 0.1) is 0 Å². The van der Waals surface area contributed by atoms with E-state index in [9.17, 15) is 14.4 Å². The fraction of sp³-hybridized carbons (Fsp3) is 0.400. The molecule has 0 atom stereocenters. The van der Waals surface area contributed by atoms with Crippen LogP contribution in [-0.4, -0.2) is 65.1 Å². The van der Waals surface area contributed by atoms with Crippen molar-refractivity contribution in [1.29, 1.82) is 0 Å². The number of hydrogen-bond donors (Lipinski definition) is 2. The van der Waals surface area contributed by atoms with Crippen molar-refractivity contribution in [2.75, 3.05) is 31.0 Å². The number of nitrogens with zero attached hydrogens (tertiary/aromatic N) is 4. The van der Waals surface area contributed by atoms with E-state index >= 15 is 0 Å². The normalized spacial score (nSPS) is 11.3. The van der Waals surface area contributed by atoms with Crippen LogP contribution >= 0.6 is 15.9 Å². The number of nitrogens with one attached hydrogen (secondary N) is 1. The van der Waals surface area contributed by atoms with Crippen LogP contribution in [0.5, 0.6) is 17.4 Å². The number of hydrogen-bond acceptors (Lipinski definition) is 12. The number of rotatable bonds is 9. The Balaban J connectivity index is 2.39. The molecule has 3 aromatic rings. The van der Waals surface area contributed by atoms with E-state index in [1.807, 2.05) is 0 Å². The lowest BCUT2D eigenvalue weighted by atomic mass is 10.1. The van der Waals surface area contributed by atoms with E-state index in [2.05, 4.69) is 36.2 Å². The van der Waals surface area contributed by atoms with Crippen LogP contribution in [0.1, 0.15) is 59.0 Å². The predicted octanol–water partition coefficient (Wildman–Crippen LogP) is 6.24. The number of methoxy groups -OCH3 is 2. The van der Waals surface area contributed by atoms with Crippen molar-refractivity contribution >= 4 is 51.3 Å². The highest BCUT2D eigenvalue weighted by Crippen LogP contribution is 2.41. The van der Waals surface area contributed by atoms with Crippen molar-refractivity contribution in [2.24, 2.45) is 5.73 Å². The molecule has 0 bridgehead atoms. The summed E-state index contributed by atoms with van der Waals surface area (Å²) in [5.41, 5.74) is 4.01. The molecule has 0 aliphatic heterocycles. The number of benzene rings is 1. The zero-order valence-corrected chi connectivity index (χ0v) is 28.2. The second-order valence-electron chi connectivity index (χ2n) is 11.3. The van der Waals surface area contributed by atoms with Crippen LogP contribution in [0.3, 0.4) is 0 Å². The lowest BCUT2D eigenvalue weighted by Gasteiger charge is -2.28. The molecule has 14 nitrogen and oxygen atoms in total. The van der Waals surface area contributed by atoms with E-state index in [4.69, 9.17) is 29.4 Å². The highest BCUT2D eigenvalue weighted by Gasteiger charge is 2.36. The van der Waals surface area contributed by atoms with Gasteiger partial charge >= 0.3 is 12.2 Å². The molecular formula is C30H37BrN6O8. The first-order valence-electron chi connectivity index (χ1n) is 13.7. The van der Waals surface area contributed by atoms with Crippen LogP contribution in [0.25, 0.3) is 11.3 Å². The standard InChI is InChI=1S/C30H37BrN6O8/c1-10-43-19-15-14-16(20(33-19)24(32)38)21-25(34-22-17(41-8)12-11-13-18(22)42-9)36-23(31)26(35-21)37(27(39)44-29(2,3)4)28(40)45-30(5,6)7/h11-15H,10H2,1-9H3,(H2,32,38)(H,34,36). The molecule has 0 saturated carbocycles. The summed E-state index contributed by atoms with van der Waals surface area (Å²) in [7, 11) is 2.96. The molecule has 0 aliphatic rings. The third-order valence-corrected chi connectivity index (χ3v) is 6.05. The smallest absolute Gasteiger partial charge is 0.425 e. The van der Waals surface area contributed by atoms with Gasteiger partial charge in [0.2, 0.25) is 5.88 Å². The van der Waals surface area contributed by atoms with Crippen molar-refractivity contribution < 1.29 is 38.1 Å². The van der Waals surface area contributed by atoms with Crippen LogP contribution in [0.15, 0.2) is 34.9 Å². The number of aromatic nitrogens is 3. The van der Waals surface area contributed by atoms with Crippen molar-refractivity contribution in [3.8, 4) is 28.6 Å². The van der Waals surface area contributed by atoms with Gasteiger partial charge in [0.15, 0.2) is 16.2 Å². The fourth-order valence-electron chi connectivity index (χ4n) is 3.83. The summed E-state index contributed by atoms with van der Waals surface area (Å²) in [6.45, 7) is 11.9. The number of imide groups is 1. The number of ether oxygens (including phenoxy) is 5. The van der Waals surface area contributed by atoms with E-state index in [-0.39, 0.29) is 45.7 Å². The molecule has 1 aromatic carbocycles. The number of carbonyl (C=O) groups is 3. The van der Waals surface area contributed by atoms with Crippen LogP contribution < -0.4 is 30.2 Å². The minimum absolute atomic E-state index is 0.0253. The van der Waals surface area contributed by atoms with E-state index in [1.165, 1.54) is 26.4 Å². The molecule has 0 unspecified atom stereocenters. The van der Waals surface area contributed by atoms with E-state index in [0.29, 0.717) is 22.1 Å². The second kappa shape index (κ2) is 14.0. The Morgan fingerprint density at radius 3 is 1.91 bits per heavy atom. The summed E-state index contributed by atoms with van der Waals surface area (Å²) >= 11 is 3.35. The van der Waals surface area contributed by atoms with Gasteiger partial charge in [-0.05, 0) is 82.6 Å². The van der Waals surface area contributed by atoms with Crippen molar-refractivity contribution in [1.82, 2.24) is 15.0 Å². The Hall–Kier alpha value is -4.66. The zero-order valence-electron chi connectivity index (χ0n) is 26.6. The molecule has 0 fully saturated rings. The Labute approximate surface area is 269 Å². The summed E-state index contributed by atoms with van der Waals surface area (Å²) in [6.07, 6.45) is -2.16. The van der Waals surface area contributed by atoms with Crippen LogP contribution in [0.2, 0.25) is 0 Å². The molecule has 15 heteroatoms. The average Bonchev–Trinajstić information content (AvgIpc) is 2.92. The van der Waals surface area contributed by atoms with Gasteiger partial charge in [-0.1, -0.05) is 6.07 Å². The van der Waals surface area contributed by atoms with E-state index in [1.54, 1.807) is 66.7 Å². The summed E-state index contributed by atoms with van der Waals surface area (Å²) in [5, 5.41) is 3.14. The van der Waals surface area contributed by atoms with Crippen molar-refractivity contribution in [3.05, 3.63) is 40.6 Å². The van der Waals surface area contributed by atoms with Gasteiger partial charge in [0.05, 0.1) is 20.8 Å². The third-order valence-electron chi connectivity index (χ3n) is 5.52. The Bertz CT molecular complexity index is 1540. The number of primary amides is 1. The highest BCUT2D eigenvalue weighted by atomic mass is 79.9. The number of para-hydroxylation sites is 1. The largest absolute Gasteiger partial charge is 0.494 e. The molecule has 0 radical (unpaired) electrons. The summed E-state index contributed by atoms with van der Waals surface area (Å²) in [6, 6.07) is 8.15. The maximum absolute atomic E-state index is 13.5. The molecular weight excluding hydrogens is 652 g/mol. The lowest BCUT2D eigenvalue weighted by molar-refractivity contribution is 0.0428. The Morgan fingerprint density at radius 2 is 1.44 bits per heavy atom. The number of pyridine rings is 1. The third kappa shape index (κ3) is 8.71. The molecule has 3 N–H and O–H groups in total. The molecule has 242 valence electrons. The number of halogens is 1. The monoisotopic (exact) mass is 688 g/mol. The number of anilines is 3. The summed E-state index contributed by atoms with van der Waals surface area (Å²) in [5.74, 6) is -0.205. The van der Waals surface area contributed by atoms with Gasteiger partial charge in [-0.25, -0.2) is 24.5 Å². The van der Waals surface area contributed by atoms with E-state index in [0.717, 1.165) is 0 Å². The molecule has 3 rings (SSSR count). The molecule has 0 spiro atoms. The van der Waals surface area contributed by atoms with Gasteiger partial charge in [0.1, 0.15) is 39.8 Å². The maximum atomic E-state index is 13.5. The van der Waals surface area contributed by atoms with Gasteiger partial charge in [-0.3, -0.25) is 4.79 Å². The van der Waals surface area contributed by atoms with E-state index < -0.39 is 29.3 Å². The zero-order chi connectivity index (χ0) is 33.7. The number of carbonyl (C=O) groups excluding carboxylic acids is 3. The number of nitrogens with two attached hydrogens (primary N) is 1. The van der Waals surface area contributed by atoms with Gasteiger partial charge < -0.3 is 34.7 Å². The average molecular weight is 690 g/mol. The summed E-state index contributed by atoms with van der Waals surface area (Å²) in [4.78, 5) is 53.8. The first kappa shape index (κ1) is 34.8. The Kier molecular flexibility index (Phi) is 10.8. The van der Waals surface area contributed by atoms with Gasteiger partial charge in [-0.15, -0.1) is 0 Å². The summed E-state index contributed by atoms with van der Waals surface area (Å²) < 4.78 is 27.5. The molecule has 0 aliphatic carbocycles. The first-order valence-corrected chi connectivity index (χ1v) is 14.5. The SMILES string of the molecule is CCOc1ccc(-c2nc(N(C(=O)OC(C)(C)C)C(=O)OC(C)(C)C)c(Br)nc2Nc2c(OC)cccc2OC)c(C(N)=O)n1. The molecule has 2 heterocycles. The highest BCUT2D eigenvalue weighted by molar-refractivity contribution is 9.10. The topological polar surface area (TPSA) is 177 Å². The molecule has 2 aromatic heterocycles. The number of amides is 3. The molecule has 0 saturated heterocycles. The quantitative estimate of drug-likeness (QED) is 0.259. The molecule has 3 amide bonds. The minimum atomic E-state index is -1.08. The van der Waals surface area contributed by atoms with Crippen molar-refractivity contribution in [3.63, 3.8) is 0 Å². The van der Waals surface area contributed by atoms with Gasteiger partial charge in [0.25, 0.3) is 5.91 Å². The maximum Gasteiger partial charge on any atom is 0.425 e. The van der Waals surface area contributed by atoms with Crippen molar-refractivity contribution in [2.45, 2.75) is 59.7 Å². The van der Waals surface area contributed by atoms with Gasteiger partial charge in [0, 0.05) is 11.6 Å². The molecule has 45 heavy (non-hydrogen) atoms. The second-order valence-corrected chi connectivity index (χ2v) is 12.1. The van der Waals surface area contributed by atoms with Gasteiger partial charge in [-0.2, -0.15) is 4.90 Å². The van der Waals surface area contributed by atoms with Crippen LogP contribution in [0.4, 0.5) is 26.9 Å². The Morgan fingerprint density at radius 1 is 0.889 bits per heavy atom. The first-order chi connectivity index (χ1) is 21.0. The lowest BCUT2D eigenvalue weighted by Crippen LogP contribution is -2.44. The predicted molar refractivity (Wildman–Crippen MR) is 170 cm³/mol. The van der Waals surface area contributed by atoms with Crippen LogP contribution in [-0.2, 0) is 9.47 Å². The minimum Gasteiger partial charge on any atom is -0.494 e. The fourth-order valence-corrected chi connectivity index (χ4v) is 4.27.